The molecule has 1 aliphatic rings. The Labute approximate surface area is 197 Å². The Balaban J connectivity index is 1.61. The maximum Gasteiger partial charge on any atom is 0.421 e. The fourth-order valence-corrected chi connectivity index (χ4v) is 3.91. The lowest BCUT2D eigenvalue weighted by atomic mass is 9.87. The molecule has 0 unspecified atom stereocenters. The predicted molar refractivity (Wildman–Crippen MR) is 128 cm³/mol. The van der Waals surface area contributed by atoms with Crippen molar-refractivity contribution in [2.45, 2.75) is 64.1 Å². The van der Waals surface area contributed by atoms with Gasteiger partial charge in [-0.05, 0) is 60.9 Å². The van der Waals surface area contributed by atoms with Gasteiger partial charge in [0, 0.05) is 11.9 Å². The van der Waals surface area contributed by atoms with Gasteiger partial charge in [-0.25, -0.2) is 4.98 Å². The first-order valence-electron chi connectivity index (χ1n) is 11.4. The van der Waals surface area contributed by atoms with Crippen LogP contribution in [0.1, 0.15) is 57.6 Å². The van der Waals surface area contributed by atoms with Crippen molar-refractivity contribution in [2.75, 3.05) is 10.6 Å². The van der Waals surface area contributed by atoms with Crippen LogP contribution in [0.4, 0.5) is 36.3 Å². The highest BCUT2D eigenvalue weighted by molar-refractivity contribution is 5.67. The number of nitrogens with one attached hydrogen (secondary N) is 2. The van der Waals surface area contributed by atoms with Crippen molar-refractivity contribution in [1.82, 2.24) is 9.97 Å². The molecule has 1 aliphatic carbocycles. The lowest BCUT2D eigenvalue weighted by Gasteiger charge is -2.20. The topological polar surface area (TPSA) is 59.1 Å². The molecule has 0 aliphatic heterocycles. The lowest BCUT2D eigenvalue weighted by molar-refractivity contribution is -0.137. The molecule has 180 valence electrons. The molecule has 8 heteroatoms. The molecule has 1 aromatic heterocycles. The second-order valence-corrected chi connectivity index (χ2v) is 9.55. The monoisotopic (exact) mass is 470 g/mol. The summed E-state index contributed by atoms with van der Waals surface area (Å²) in [7, 11) is 0. The van der Waals surface area contributed by atoms with Crippen molar-refractivity contribution in [3.8, 4) is 5.75 Å². The van der Waals surface area contributed by atoms with Gasteiger partial charge in [-0.1, -0.05) is 45.0 Å². The van der Waals surface area contributed by atoms with Crippen LogP contribution in [0.2, 0.25) is 0 Å². The highest BCUT2D eigenvalue weighted by Gasteiger charge is 2.35. The summed E-state index contributed by atoms with van der Waals surface area (Å²) in [5, 5.41) is 5.84. The van der Waals surface area contributed by atoms with E-state index in [2.05, 4.69) is 41.4 Å². The molecule has 34 heavy (non-hydrogen) atoms. The molecular weight excluding hydrogens is 441 g/mol. The average molecular weight is 471 g/mol. The number of aromatic nitrogens is 2. The fourth-order valence-electron chi connectivity index (χ4n) is 3.91. The van der Waals surface area contributed by atoms with Crippen LogP contribution in [0.3, 0.4) is 0 Å². The Morgan fingerprint density at radius 3 is 2.24 bits per heavy atom. The summed E-state index contributed by atoms with van der Waals surface area (Å²) in [6.45, 7) is 6.34. The number of ether oxygens (including phenoxy) is 1. The number of hydrogen-bond donors (Lipinski definition) is 2. The highest BCUT2D eigenvalue weighted by atomic mass is 19.4. The van der Waals surface area contributed by atoms with Crippen molar-refractivity contribution >= 4 is 23.1 Å². The zero-order valence-corrected chi connectivity index (χ0v) is 19.5. The summed E-state index contributed by atoms with van der Waals surface area (Å²) < 4.78 is 47.2. The smallest absolute Gasteiger partial charge is 0.421 e. The number of alkyl halides is 3. The molecule has 0 bridgehead atoms. The second kappa shape index (κ2) is 9.52. The summed E-state index contributed by atoms with van der Waals surface area (Å²) >= 11 is 0. The van der Waals surface area contributed by atoms with Crippen molar-refractivity contribution in [3.05, 3.63) is 65.9 Å². The van der Waals surface area contributed by atoms with Gasteiger partial charge >= 0.3 is 6.18 Å². The molecular formula is C26H29F3N4O. The normalized spacial score (nSPS) is 14.8. The number of nitrogens with zero attached hydrogens (tertiary/aromatic N) is 2. The standard InChI is InChI=1S/C26H29F3N4O/c1-25(2,3)17-12-14-18(15-13-17)31-24-30-16-20(26(27,28)29)23(33-24)32-21-10-6-7-11-22(21)34-19-8-4-5-9-19/h6-7,10-16,19H,4-5,8-9H2,1-3H3,(H2,30,31,32,33). The van der Waals surface area contributed by atoms with Gasteiger partial charge in [-0.2, -0.15) is 18.2 Å². The third-order valence-corrected chi connectivity index (χ3v) is 5.84. The molecule has 0 radical (unpaired) electrons. The maximum absolute atomic E-state index is 13.7. The Bertz CT molecular complexity index is 1120. The Morgan fingerprint density at radius 2 is 1.59 bits per heavy atom. The van der Waals surface area contributed by atoms with E-state index in [1.165, 1.54) is 0 Å². The van der Waals surface area contributed by atoms with Gasteiger partial charge in [0.05, 0.1) is 11.8 Å². The largest absolute Gasteiger partial charge is 0.488 e. The van der Waals surface area contributed by atoms with Crippen LogP contribution in [0.15, 0.2) is 54.7 Å². The molecule has 4 rings (SSSR count). The Hall–Kier alpha value is -3.29. The minimum absolute atomic E-state index is 0.00552. The first-order valence-corrected chi connectivity index (χ1v) is 11.4. The third kappa shape index (κ3) is 5.79. The van der Waals surface area contributed by atoms with Crippen molar-refractivity contribution in [2.24, 2.45) is 0 Å². The fraction of sp³-hybridized carbons (Fsp3) is 0.385. The number of halogens is 3. The number of benzene rings is 2. The van der Waals surface area contributed by atoms with E-state index in [9.17, 15) is 13.2 Å². The van der Waals surface area contributed by atoms with Gasteiger partial charge in [-0.15, -0.1) is 0 Å². The van der Waals surface area contributed by atoms with Crippen LogP contribution in [-0.2, 0) is 11.6 Å². The quantitative estimate of drug-likeness (QED) is 0.388. The highest BCUT2D eigenvalue weighted by Crippen LogP contribution is 2.38. The van der Waals surface area contributed by atoms with E-state index in [-0.39, 0.29) is 23.3 Å². The van der Waals surface area contributed by atoms with Crippen molar-refractivity contribution in [3.63, 3.8) is 0 Å². The van der Waals surface area contributed by atoms with Gasteiger partial charge in [0.15, 0.2) is 0 Å². The first kappa shape index (κ1) is 23.9. The molecule has 2 aromatic carbocycles. The maximum atomic E-state index is 13.7. The second-order valence-electron chi connectivity index (χ2n) is 9.55. The van der Waals surface area contributed by atoms with Crippen LogP contribution < -0.4 is 15.4 Å². The van der Waals surface area contributed by atoms with E-state index >= 15 is 0 Å². The summed E-state index contributed by atoms with van der Waals surface area (Å²) in [5.41, 5.74) is 1.31. The van der Waals surface area contributed by atoms with Gasteiger partial charge in [0.1, 0.15) is 17.1 Å². The van der Waals surface area contributed by atoms with E-state index in [0.29, 0.717) is 17.1 Å². The molecule has 0 saturated heterocycles. The summed E-state index contributed by atoms with van der Waals surface area (Å²) in [5.74, 6) is 0.236. The van der Waals surface area contributed by atoms with Gasteiger partial charge in [0.2, 0.25) is 5.95 Å². The zero-order chi connectivity index (χ0) is 24.3. The minimum Gasteiger partial charge on any atom is -0.488 e. The molecule has 1 saturated carbocycles. The molecule has 0 atom stereocenters. The molecule has 3 aromatic rings. The Kier molecular flexibility index (Phi) is 6.68. The lowest BCUT2D eigenvalue weighted by Crippen LogP contribution is -2.14. The summed E-state index contributed by atoms with van der Waals surface area (Å²) in [6, 6.07) is 14.7. The summed E-state index contributed by atoms with van der Waals surface area (Å²) in [6.07, 6.45) is 0.323. The number of anilines is 4. The van der Waals surface area contributed by atoms with E-state index in [0.717, 1.165) is 37.4 Å². The van der Waals surface area contributed by atoms with Crippen LogP contribution >= 0.6 is 0 Å². The molecule has 1 fully saturated rings. The third-order valence-electron chi connectivity index (χ3n) is 5.84. The molecule has 2 N–H and O–H groups in total. The SMILES string of the molecule is CC(C)(C)c1ccc(Nc2ncc(C(F)(F)F)c(Nc3ccccc3OC3CCCC3)n2)cc1. The van der Waals surface area contributed by atoms with Crippen LogP contribution in [-0.4, -0.2) is 16.1 Å². The molecule has 1 heterocycles. The minimum atomic E-state index is -4.61. The molecule has 0 spiro atoms. The molecule has 5 nitrogen and oxygen atoms in total. The van der Waals surface area contributed by atoms with Crippen LogP contribution in [0.25, 0.3) is 0 Å². The zero-order valence-electron chi connectivity index (χ0n) is 19.5. The number of rotatable bonds is 6. The Morgan fingerprint density at radius 1 is 0.912 bits per heavy atom. The van der Waals surface area contributed by atoms with Crippen molar-refractivity contribution < 1.29 is 17.9 Å². The van der Waals surface area contributed by atoms with Crippen molar-refractivity contribution in [1.29, 1.82) is 0 Å². The van der Waals surface area contributed by atoms with Crippen LogP contribution in [0.5, 0.6) is 5.75 Å². The van der Waals surface area contributed by atoms with Crippen LogP contribution in [0, 0.1) is 0 Å². The number of para-hydroxylation sites is 2. The van der Waals surface area contributed by atoms with E-state index < -0.39 is 11.7 Å². The number of hydrogen-bond acceptors (Lipinski definition) is 5. The predicted octanol–water partition coefficient (Wildman–Crippen LogP) is 7.60. The molecule has 0 amide bonds. The first-order chi connectivity index (χ1) is 16.1. The van der Waals surface area contributed by atoms with Gasteiger partial charge in [0.25, 0.3) is 0 Å². The van der Waals surface area contributed by atoms with Gasteiger partial charge in [-0.3, -0.25) is 0 Å². The average Bonchev–Trinajstić information content (AvgIpc) is 3.27. The van der Waals surface area contributed by atoms with E-state index in [1.807, 2.05) is 24.3 Å². The van der Waals surface area contributed by atoms with E-state index in [4.69, 9.17) is 4.74 Å². The summed E-state index contributed by atoms with van der Waals surface area (Å²) in [4.78, 5) is 8.07. The van der Waals surface area contributed by atoms with Gasteiger partial charge < -0.3 is 15.4 Å². The van der Waals surface area contributed by atoms with E-state index in [1.54, 1.807) is 24.3 Å².